The van der Waals surface area contributed by atoms with Crippen molar-refractivity contribution >= 4 is 68.5 Å². The minimum Gasteiger partial charge on any atom is -0.480 e. The smallest absolute Gasteiger partial charge is 0.326 e. The Hall–Kier alpha value is -1.45. The molecule has 0 saturated carbocycles. The quantitative estimate of drug-likeness (QED) is 0.681. The Balaban J connectivity index is 1.96. The van der Waals surface area contributed by atoms with Gasteiger partial charge in [-0.2, -0.15) is 11.8 Å². The Bertz CT molecular complexity index is 796. The number of rotatable bonds is 5. The lowest BCUT2D eigenvalue weighted by Gasteiger charge is -2.22. The number of halogens is 1. The van der Waals surface area contributed by atoms with Gasteiger partial charge < -0.3 is 15.3 Å². The predicted octanol–water partition coefficient (Wildman–Crippen LogP) is 2.85. The number of hydrogen-bond donors (Lipinski definition) is 2. The first-order valence-electron chi connectivity index (χ1n) is 7.45. The number of carboxylic acids is 1. The molecule has 3 rings (SSSR count). The zero-order chi connectivity index (χ0) is 18.1. The molecule has 0 spiro atoms. The van der Waals surface area contributed by atoms with Gasteiger partial charge in [0.2, 0.25) is 0 Å². The van der Waals surface area contributed by atoms with Crippen LogP contribution in [0.3, 0.4) is 0 Å². The topological polar surface area (TPSA) is 86.7 Å². The lowest BCUT2D eigenvalue weighted by atomic mass is 10.1. The molecular formula is C16H15BrN2O4S2. The standard InChI is InChI=1S/C16H15BrN2O4S2/c1-24-5-4-11(16(22)23)19-7-25-13(15(19)21)12-9-6-8(17)2-3-10(9)18-14(12)20/h2-3,6,11H,4-5,7H2,1H3,(H,18,20)(H,22,23). The summed E-state index contributed by atoms with van der Waals surface area (Å²) < 4.78 is 0.802. The van der Waals surface area contributed by atoms with E-state index in [2.05, 4.69) is 21.2 Å². The zero-order valence-electron chi connectivity index (χ0n) is 13.2. The van der Waals surface area contributed by atoms with E-state index < -0.39 is 17.9 Å². The number of nitrogens with one attached hydrogen (secondary N) is 1. The van der Waals surface area contributed by atoms with Crippen molar-refractivity contribution < 1.29 is 19.5 Å². The second kappa shape index (κ2) is 7.43. The Kier molecular flexibility index (Phi) is 5.45. The molecule has 1 saturated heterocycles. The average Bonchev–Trinajstić information content (AvgIpc) is 3.07. The number of carbonyl (C=O) groups is 3. The number of carbonyl (C=O) groups excluding carboxylic acids is 2. The summed E-state index contributed by atoms with van der Waals surface area (Å²) in [5.74, 6) is -0.862. The summed E-state index contributed by atoms with van der Waals surface area (Å²) in [5.41, 5.74) is 1.63. The number of hydrogen-bond acceptors (Lipinski definition) is 5. The highest BCUT2D eigenvalue weighted by Crippen LogP contribution is 2.42. The van der Waals surface area contributed by atoms with Crippen LogP contribution in [0.15, 0.2) is 27.6 Å². The van der Waals surface area contributed by atoms with Crippen LogP contribution in [0.1, 0.15) is 12.0 Å². The lowest BCUT2D eigenvalue weighted by Crippen LogP contribution is -2.42. The summed E-state index contributed by atoms with van der Waals surface area (Å²) in [4.78, 5) is 38.4. The first-order valence-corrected chi connectivity index (χ1v) is 10.6. The zero-order valence-corrected chi connectivity index (χ0v) is 16.5. The molecule has 9 heteroatoms. The molecule has 2 amide bonds. The molecular weight excluding hydrogens is 428 g/mol. The van der Waals surface area contributed by atoms with Gasteiger partial charge >= 0.3 is 5.97 Å². The Labute approximate surface area is 161 Å². The van der Waals surface area contributed by atoms with E-state index >= 15 is 0 Å². The number of aliphatic carboxylic acids is 1. The molecule has 132 valence electrons. The molecule has 2 N–H and O–H groups in total. The van der Waals surface area contributed by atoms with E-state index in [0.717, 1.165) is 4.47 Å². The summed E-state index contributed by atoms with van der Waals surface area (Å²) in [6, 6.07) is 4.49. The van der Waals surface area contributed by atoms with Crippen LogP contribution in [0.4, 0.5) is 5.69 Å². The number of nitrogens with zero attached hydrogens (tertiary/aromatic N) is 1. The maximum atomic E-state index is 12.8. The molecule has 2 aliphatic rings. The van der Waals surface area contributed by atoms with E-state index in [4.69, 9.17) is 0 Å². The molecule has 6 nitrogen and oxygen atoms in total. The fraction of sp³-hybridized carbons (Fsp3) is 0.312. The number of carboxylic acid groups (broad SMARTS) is 1. The third kappa shape index (κ3) is 3.45. The molecule has 1 aromatic rings. The third-order valence-electron chi connectivity index (χ3n) is 4.01. The molecule has 0 bridgehead atoms. The molecule has 2 heterocycles. The van der Waals surface area contributed by atoms with Crippen molar-refractivity contribution in [2.75, 3.05) is 23.2 Å². The van der Waals surface area contributed by atoms with Gasteiger partial charge in [0, 0.05) is 15.7 Å². The normalized spacial score (nSPS) is 20.6. The van der Waals surface area contributed by atoms with E-state index in [1.807, 2.05) is 12.3 Å². The molecule has 0 radical (unpaired) electrons. The summed E-state index contributed by atoms with van der Waals surface area (Å²) >= 11 is 6.13. The second-order valence-electron chi connectivity index (χ2n) is 5.53. The van der Waals surface area contributed by atoms with Gasteiger partial charge in [0.1, 0.15) is 6.04 Å². The van der Waals surface area contributed by atoms with Gasteiger partial charge in [-0.15, -0.1) is 0 Å². The highest BCUT2D eigenvalue weighted by molar-refractivity contribution is 9.10. The van der Waals surface area contributed by atoms with Crippen molar-refractivity contribution in [1.82, 2.24) is 4.90 Å². The SMILES string of the molecule is CSCCC(C(=O)O)N1CSC(=C2C(=O)Nc3ccc(Br)cc32)C1=O. The van der Waals surface area contributed by atoms with Crippen LogP contribution in [0.2, 0.25) is 0 Å². The van der Waals surface area contributed by atoms with Crippen molar-refractivity contribution in [2.45, 2.75) is 12.5 Å². The third-order valence-corrected chi connectivity index (χ3v) is 6.22. The van der Waals surface area contributed by atoms with Crippen LogP contribution in [0.5, 0.6) is 0 Å². The molecule has 0 aromatic heterocycles. The molecule has 1 atom stereocenters. The highest BCUT2D eigenvalue weighted by atomic mass is 79.9. The van der Waals surface area contributed by atoms with Crippen LogP contribution in [0, 0.1) is 0 Å². The summed E-state index contributed by atoms with van der Waals surface area (Å²) in [6.07, 6.45) is 2.27. The van der Waals surface area contributed by atoms with Crippen LogP contribution in [0.25, 0.3) is 5.57 Å². The maximum Gasteiger partial charge on any atom is 0.326 e. The van der Waals surface area contributed by atoms with E-state index in [1.165, 1.54) is 28.4 Å². The highest BCUT2D eigenvalue weighted by Gasteiger charge is 2.40. The molecule has 0 aliphatic carbocycles. The predicted molar refractivity (Wildman–Crippen MR) is 103 cm³/mol. The monoisotopic (exact) mass is 442 g/mol. The van der Waals surface area contributed by atoms with Gasteiger partial charge in [0.15, 0.2) is 0 Å². The average molecular weight is 443 g/mol. The molecule has 2 aliphatic heterocycles. The van der Waals surface area contributed by atoms with Gasteiger partial charge in [0.25, 0.3) is 11.8 Å². The first kappa shape index (κ1) is 18.3. The van der Waals surface area contributed by atoms with Crippen LogP contribution < -0.4 is 5.32 Å². The van der Waals surface area contributed by atoms with Crippen LogP contribution in [-0.2, 0) is 14.4 Å². The number of amides is 2. The summed E-state index contributed by atoms with van der Waals surface area (Å²) in [7, 11) is 0. The van der Waals surface area contributed by atoms with Crippen molar-refractivity contribution in [3.05, 3.63) is 33.1 Å². The second-order valence-corrected chi connectivity index (χ2v) is 8.39. The molecule has 1 aromatic carbocycles. The van der Waals surface area contributed by atoms with Gasteiger partial charge in [-0.25, -0.2) is 4.79 Å². The summed E-state index contributed by atoms with van der Waals surface area (Å²) in [6.45, 7) is 0. The van der Waals surface area contributed by atoms with Gasteiger partial charge in [-0.05, 0) is 36.6 Å². The number of thioether (sulfide) groups is 2. The number of fused-ring (bicyclic) bond motifs is 1. The number of anilines is 1. The van der Waals surface area contributed by atoms with Crippen LogP contribution in [-0.4, -0.2) is 51.7 Å². The van der Waals surface area contributed by atoms with Crippen molar-refractivity contribution in [1.29, 1.82) is 0 Å². The number of benzene rings is 1. The fourth-order valence-corrected chi connectivity index (χ4v) is 4.78. The van der Waals surface area contributed by atoms with Gasteiger partial charge in [-0.1, -0.05) is 27.7 Å². The van der Waals surface area contributed by atoms with E-state index in [-0.39, 0.29) is 11.8 Å². The minimum absolute atomic E-state index is 0.236. The largest absolute Gasteiger partial charge is 0.480 e. The Morgan fingerprint density at radius 3 is 2.92 bits per heavy atom. The van der Waals surface area contributed by atoms with Crippen LogP contribution >= 0.6 is 39.5 Å². The fourth-order valence-electron chi connectivity index (χ4n) is 2.80. The van der Waals surface area contributed by atoms with E-state index in [1.54, 1.807) is 12.1 Å². The Morgan fingerprint density at radius 2 is 2.24 bits per heavy atom. The molecule has 1 fully saturated rings. The maximum absolute atomic E-state index is 12.8. The molecule has 1 unspecified atom stereocenters. The summed E-state index contributed by atoms with van der Waals surface area (Å²) in [5, 5.41) is 12.2. The first-order chi connectivity index (χ1) is 11.9. The lowest BCUT2D eigenvalue weighted by molar-refractivity contribution is -0.147. The minimum atomic E-state index is -1.02. The van der Waals surface area contributed by atoms with Gasteiger partial charge in [0.05, 0.1) is 16.4 Å². The van der Waals surface area contributed by atoms with Crippen molar-refractivity contribution in [2.24, 2.45) is 0 Å². The van der Waals surface area contributed by atoms with Crippen molar-refractivity contribution in [3.8, 4) is 0 Å². The van der Waals surface area contributed by atoms with Crippen molar-refractivity contribution in [3.63, 3.8) is 0 Å². The van der Waals surface area contributed by atoms with Gasteiger partial charge in [-0.3, -0.25) is 9.59 Å². The van der Waals surface area contributed by atoms with E-state index in [0.29, 0.717) is 33.9 Å². The molecule has 25 heavy (non-hydrogen) atoms. The Morgan fingerprint density at radius 1 is 1.48 bits per heavy atom. The van der Waals surface area contributed by atoms with E-state index in [9.17, 15) is 19.5 Å².